The minimum atomic E-state index is -0.609. The van der Waals surface area contributed by atoms with E-state index in [2.05, 4.69) is 23.9 Å². The van der Waals surface area contributed by atoms with Gasteiger partial charge in [-0.1, -0.05) is 0 Å². The molecule has 1 atom stereocenters. The first kappa shape index (κ1) is 11.3. The Morgan fingerprint density at radius 1 is 1.36 bits per heavy atom. The fraction of sp³-hybridized carbons (Fsp3) is 0.900. The van der Waals surface area contributed by atoms with E-state index in [1.807, 2.05) is 13.8 Å². The number of hydrogen-bond acceptors (Lipinski definition) is 4. The van der Waals surface area contributed by atoms with Gasteiger partial charge in [-0.3, -0.25) is 0 Å². The van der Waals surface area contributed by atoms with Gasteiger partial charge in [-0.2, -0.15) is 0 Å². The van der Waals surface area contributed by atoms with Crippen LogP contribution in [0.2, 0.25) is 0 Å². The van der Waals surface area contributed by atoms with Gasteiger partial charge in [0.25, 0.3) is 0 Å². The monoisotopic (exact) mass is 201 g/mol. The molecule has 82 valence electrons. The molecule has 0 bridgehead atoms. The molecule has 0 aromatic rings. The third kappa shape index (κ3) is 2.38. The maximum Gasteiger partial charge on any atom is 0.508 e. The molecule has 1 aliphatic heterocycles. The van der Waals surface area contributed by atoms with Gasteiger partial charge in [-0.25, -0.2) is 4.79 Å². The summed E-state index contributed by atoms with van der Waals surface area (Å²) in [4.78, 5) is 11.0. The van der Waals surface area contributed by atoms with E-state index in [-0.39, 0.29) is 17.2 Å². The van der Waals surface area contributed by atoms with Crippen LogP contribution in [0, 0.1) is 0 Å². The van der Waals surface area contributed by atoms with Crippen molar-refractivity contribution in [1.82, 2.24) is 5.32 Å². The maximum atomic E-state index is 11.0. The Balaban J connectivity index is 2.66. The van der Waals surface area contributed by atoms with Crippen LogP contribution in [0.4, 0.5) is 4.79 Å². The van der Waals surface area contributed by atoms with Crippen molar-refractivity contribution in [2.75, 3.05) is 7.11 Å². The van der Waals surface area contributed by atoms with Crippen LogP contribution in [0.3, 0.4) is 0 Å². The van der Waals surface area contributed by atoms with Crippen LogP contribution in [0.15, 0.2) is 0 Å². The van der Waals surface area contributed by atoms with Gasteiger partial charge in [-0.15, -0.1) is 0 Å². The Morgan fingerprint density at radius 3 is 2.29 bits per heavy atom. The first-order chi connectivity index (χ1) is 6.27. The largest absolute Gasteiger partial charge is 0.508 e. The molecule has 0 aliphatic carbocycles. The van der Waals surface area contributed by atoms with E-state index in [0.29, 0.717) is 0 Å². The number of nitrogens with one attached hydrogen (secondary N) is 1. The highest BCUT2D eigenvalue weighted by Crippen LogP contribution is 2.32. The highest BCUT2D eigenvalue weighted by atomic mass is 16.7. The van der Waals surface area contributed by atoms with E-state index in [0.717, 1.165) is 6.42 Å². The lowest BCUT2D eigenvalue weighted by Gasteiger charge is -2.27. The fourth-order valence-corrected chi connectivity index (χ4v) is 2.08. The summed E-state index contributed by atoms with van der Waals surface area (Å²) in [5.74, 6) is 0. The molecule has 0 saturated carbocycles. The van der Waals surface area contributed by atoms with Gasteiger partial charge in [0.05, 0.1) is 12.6 Å². The van der Waals surface area contributed by atoms with Crippen LogP contribution in [-0.2, 0) is 9.47 Å². The zero-order valence-corrected chi connectivity index (χ0v) is 9.51. The van der Waals surface area contributed by atoms with Gasteiger partial charge < -0.3 is 14.8 Å². The second-order valence-electron chi connectivity index (χ2n) is 5.00. The van der Waals surface area contributed by atoms with E-state index in [9.17, 15) is 4.79 Å². The molecule has 1 aliphatic rings. The summed E-state index contributed by atoms with van der Waals surface area (Å²) in [5, 5.41) is 3.42. The van der Waals surface area contributed by atoms with Gasteiger partial charge in [0, 0.05) is 12.0 Å². The minimum absolute atomic E-state index is 0.00217. The van der Waals surface area contributed by atoms with Crippen molar-refractivity contribution in [3.8, 4) is 0 Å². The summed E-state index contributed by atoms with van der Waals surface area (Å²) in [6.07, 6.45) is 0.0577. The lowest BCUT2D eigenvalue weighted by atomic mass is 9.97. The molecule has 0 aromatic carbocycles. The second-order valence-corrected chi connectivity index (χ2v) is 5.00. The van der Waals surface area contributed by atoms with Crippen molar-refractivity contribution in [3.63, 3.8) is 0 Å². The molecule has 1 rings (SSSR count). The first-order valence-corrected chi connectivity index (χ1v) is 4.81. The molecular weight excluding hydrogens is 182 g/mol. The topological polar surface area (TPSA) is 47.6 Å². The molecule has 14 heavy (non-hydrogen) atoms. The van der Waals surface area contributed by atoms with Crippen LogP contribution in [0.25, 0.3) is 0 Å². The summed E-state index contributed by atoms with van der Waals surface area (Å²) < 4.78 is 9.67. The van der Waals surface area contributed by atoms with E-state index in [1.165, 1.54) is 7.11 Å². The normalized spacial score (nSPS) is 28.5. The maximum absolute atomic E-state index is 11.0. The lowest BCUT2D eigenvalue weighted by molar-refractivity contribution is 0.0176. The Labute approximate surface area is 85.0 Å². The van der Waals surface area contributed by atoms with Crippen molar-refractivity contribution in [2.24, 2.45) is 0 Å². The highest BCUT2D eigenvalue weighted by molar-refractivity contribution is 5.60. The molecule has 1 N–H and O–H groups in total. The van der Waals surface area contributed by atoms with Crippen LogP contribution >= 0.6 is 0 Å². The molecular formula is C10H19NO3. The summed E-state index contributed by atoms with van der Waals surface area (Å²) in [6.45, 7) is 8.23. The first-order valence-electron chi connectivity index (χ1n) is 4.81. The lowest BCUT2D eigenvalue weighted by Crippen LogP contribution is -2.47. The van der Waals surface area contributed by atoms with Gasteiger partial charge in [0.2, 0.25) is 0 Å². The van der Waals surface area contributed by atoms with Crippen molar-refractivity contribution < 1.29 is 14.3 Å². The Morgan fingerprint density at radius 2 is 1.93 bits per heavy atom. The second kappa shape index (κ2) is 3.42. The van der Waals surface area contributed by atoms with Crippen LogP contribution in [0.5, 0.6) is 0 Å². The zero-order chi connectivity index (χ0) is 11.0. The molecule has 1 saturated heterocycles. The van der Waals surface area contributed by atoms with Crippen molar-refractivity contribution >= 4 is 6.16 Å². The van der Waals surface area contributed by atoms with E-state index in [1.54, 1.807) is 0 Å². The van der Waals surface area contributed by atoms with Gasteiger partial charge in [0.15, 0.2) is 0 Å². The smallest absolute Gasteiger partial charge is 0.438 e. The summed E-state index contributed by atoms with van der Waals surface area (Å²) in [5.41, 5.74) is -0.195. The van der Waals surface area contributed by atoms with Gasteiger partial charge >= 0.3 is 6.16 Å². The summed E-state index contributed by atoms with van der Waals surface area (Å²) in [7, 11) is 1.32. The summed E-state index contributed by atoms with van der Waals surface area (Å²) >= 11 is 0. The average Bonchev–Trinajstić information content (AvgIpc) is 2.19. The van der Waals surface area contributed by atoms with E-state index in [4.69, 9.17) is 4.74 Å². The summed E-state index contributed by atoms with van der Waals surface area (Å²) in [6, 6.07) is 0. The number of rotatable bonds is 1. The number of ether oxygens (including phenoxy) is 2. The quantitative estimate of drug-likeness (QED) is 0.656. The number of carbonyl (C=O) groups excluding carboxylic acids is 1. The van der Waals surface area contributed by atoms with Gasteiger partial charge in [0.1, 0.15) is 6.10 Å². The zero-order valence-electron chi connectivity index (χ0n) is 9.51. The SMILES string of the molecule is COC(=O)OC1CC(C)(C)NC1(C)C. The van der Waals surface area contributed by atoms with Gasteiger partial charge in [-0.05, 0) is 27.7 Å². The average molecular weight is 201 g/mol. The predicted molar refractivity (Wildman–Crippen MR) is 53.2 cm³/mol. The van der Waals surface area contributed by atoms with Crippen LogP contribution < -0.4 is 5.32 Å². The number of methoxy groups -OCH3 is 1. The Kier molecular flexibility index (Phi) is 2.76. The molecule has 0 aromatic heterocycles. The predicted octanol–water partition coefficient (Wildman–Crippen LogP) is 1.69. The molecule has 4 heteroatoms. The Bertz CT molecular complexity index is 236. The Hall–Kier alpha value is -0.770. The van der Waals surface area contributed by atoms with Crippen LogP contribution in [-0.4, -0.2) is 30.4 Å². The third-order valence-corrected chi connectivity index (χ3v) is 2.57. The molecule has 0 amide bonds. The highest BCUT2D eigenvalue weighted by Gasteiger charge is 2.46. The van der Waals surface area contributed by atoms with Crippen molar-refractivity contribution in [1.29, 1.82) is 0 Å². The number of carbonyl (C=O) groups is 1. The molecule has 1 fully saturated rings. The standard InChI is InChI=1S/C10H19NO3/c1-9(2)6-7(10(3,4)11-9)14-8(12)13-5/h7,11H,6H2,1-5H3. The minimum Gasteiger partial charge on any atom is -0.438 e. The van der Waals surface area contributed by atoms with E-state index >= 15 is 0 Å². The molecule has 0 radical (unpaired) electrons. The fourth-order valence-electron chi connectivity index (χ4n) is 2.08. The molecule has 4 nitrogen and oxygen atoms in total. The molecule has 1 unspecified atom stereocenters. The third-order valence-electron chi connectivity index (χ3n) is 2.57. The molecule has 0 spiro atoms. The number of hydrogen-bond donors (Lipinski definition) is 1. The molecule has 1 heterocycles. The van der Waals surface area contributed by atoms with Crippen molar-refractivity contribution in [3.05, 3.63) is 0 Å². The van der Waals surface area contributed by atoms with Crippen LogP contribution in [0.1, 0.15) is 34.1 Å². The van der Waals surface area contributed by atoms with Crippen molar-refractivity contribution in [2.45, 2.75) is 51.3 Å². The van der Waals surface area contributed by atoms with E-state index < -0.39 is 6.16 Å².